The van der Waals surface area contributed by atoms with Crippen LogP contribution in [0.4, 0.5) is 0 Å². The third-order valence-corrected chi connectivity index (χ3v) is 5.36. The van der Waals surface area contributed by atoms with Crippen molar-refractivity contribution < 1.29 is 8.42 Å². The fourth-order valence-electron chi connectivity index (χ4n) is 1.65. The van der Waals surface area contributed by atoms with Crippen molar-refractivity contribution in [1.29, 1.82) is 0 Å². The van der Waals surface area contributed by atoms with Crippen LogP contribution in [-0.2, 0) is 10.0 Å². The van der Waals surface area contributed by atoms with E-state index in [1.807, 2.05) is 0 Å². The summed E-state index contributed by atoms with van der Waals surface area (Å²) in [6.45, 7) is 0. The zero-order valence-corrected chi connectivity index (χ0v) is 10.5. The molecule has 1 fully saturated rings. The van der Waals surface area contributed by atoms with Crippen LogP contribution >= 0.6 is 11.6 Å². The average molecular weight is 261 g/mol. The Balaban J connectivity index is 2.35. The Hall–Kier alpha value is -0.650. The van der Waals surface area contributed by atoms with Gasteiger partial charge in [0.2, 0.25) is 10.0 Å². The topological polar surface area (TPSA) is 50.3 Å². The predicted octanol–water partition coefficient (Wildman–Crippen LogP) is 1.91. The molecule has 0 radical (unpaired) electrons. The number of sulfonamides is 1. The smallest absolute Gasteiger partial charge is 0.246 e. The van der Waals surface area contributed by atoms with E-state index in [1.54, 1.807) is 7.05 Å². The van der Waals surface area contributed by atoms with Gasteiger partial charge >= 0.3 is 0 Å². The van der Waals surface area contributed by atoms with Crippen molar-refractivity contribution in [3.63, 3.8) is 0 Å². The standard InChI is InChI=1S/C10H13ClN2O2S/c1-13(8-3-2-4-8)16(14,15)10-7-12-6-5-9(10)11/h5-8H,2-4H2,1H3. The van der Waals surface area contributed by atoms with Crippen molar-refractivity contribution in [2.24, 2.45) is 0 Å². The van der Waals surface area contributed by atoms with E-state index in [-0.39, 0.29) is 16.0 Å². The first kappa shape index (κ1) is 11.8. The molecule has 2 rings (SSSR count). The summed E-state index contributed by atoms with van der Waals surface area (Å²) in [5.41, 5.74) is 0. The molecule has 6 heteroatoms. The van der Waals surface area contributed by atoms with Crippen molar-refractivity contribution in [1.82, 2.24) is 9.29 Å². The van der Waals surface area contributed by atoms with Crippen LogP contribution in [0.5, 0.6) is 0 Å². The third-order valence-electron chi connectivity index (χ3n) is 2.98. The first-order chi connectivity index (χ1) is 7.53. The van der Waals surface area contributed by atoms with Gasteiger partial charge in [0.15, 0.2) is 0 Å². The lowest BCUT2D eigenvalue weighted by Crippen LogP contribution is -2.41. The van der Waals surface area contributed by atoms with E-state index in [0.29, 0.717) is 0 Å². The Labute approximate surface area is 100 Å². The Kier molecular flexibility index (Phi) is 3.19. The molecule has 0 bridgehead atoms. The van der Waals surface area contributed by atoms with E-state index < -0.39 is 10.0 Å². The van der Waals surface area contributed by atoms with Crippen LogP contribution in [0.2, 0.25) is 5.02 Å². The van der Waals surface area contributed by atoms with Crippen LogP contribution in [0.15, 0.2) is 23.4 Å². The van der Waals surface area contributed by atoms with Gasteiger partial charge in [-0.05, 0) is 18.9 Å². The zero-order chi connectivity index (χ0) is 11.8. The van der Waals surface area contributed by atoms with Gasteiger partial charge in [-0.1, -0.05) is 18.0 Å². The Bertz CT molecular complexity index is 485. The number of aromatic nitrogens is 1. The van der Waals surface area contributed by atoms with E-state index in [1.165, 1.54) is 22.8 Å². The molecule has 0 amide bonds. The van der Waals surface area contributed by atoms with Crippen molar-refractivity contribution >= 4 is 21.6 Å². The molecule has 1 aliphatic rings. The van der Waals surface area contributed by atoms with E-state index in [0.717, 1.165) is 19.3 Å². The van der Waals surface area contributed by atoms with Gasteiger partial charge in [0.25, 0.3) is 0 Å². The monoisotopic (exact) mass is 260 g/mol. The molecule has 0 aliphatic heterocycles. The van der Waals surface area contributed by atoms with E-state index >= 15 is 0 Å². The van der Waals surface area contributed by atoms with E-state index in [9.17, 15) is 8.42 Å². The average Bonchev–Trinajstić information content (AvgIpc) is 2.15. The molecule has 0 N–H and O–H groups in total. The second-order valence-electron chi connectivity index (χ2n) is 3.91. The molecule has 16 heavy (non-hydrogen) atoms. The zero-order valence-electron chi connectivity index (χ0n) is 8.93. The molecule has 4 nitrogen and oxygen atoms in total. The highest BCUT2D eigenvalue weighted by molar-refractivity contribution is 7.89. The number of rotatable bonds is 3. The maximum atomic E-state index is 12.2. The Morgan fingerprint density at radius 3 is 2.69 bits per heavy atom. The first-order valence-corrected chi connectivity index (χ1v) is 6.93. The molecule has 88 valence electrons. The fourth-order valence-corrected chi connectivity index (χ4v) is 3.47. The summed E-state index contributed by atoms with van der Waals surface area (Å²) in [4.78, 5) is 3.90. The minimum atomic E-state index is -3.49. The summed E-state index contributed by atoms with van der Waals surface area (Å²) in [5.74, 6) is 0. The van der Waals surface area contributed by atoms with Crippen molar-refractivity contribution in [3.8, 4) is 0 Å². The molecule has 1 aromatic rings. The SMILES string of the molecule is CN(C1CCC1)S(=O)(=O)c1cnccc1Cl. The van der Waals surface area contributed by atoms with Crippen LogP contribution in [0.3, 0.4) is 0 Å². The predicted molar refractivity (Wildman–Crippen MR) is 61.8 cm³/mol. The van der Waals surface area contributed by atoms with Crippen molar-refractivity contribution in [3.05, 3.63) is 23.5 Å². The second-order valence-corrected chi connectivity index (χ2v) is 6.29. The summed E-state index contributed by atoms with van der Waals surface area (Å²) in [6, 6.07) is 1.60. The number of nitrogens with zero attached hydrogens (tertiary/aromatic N) is 2. The maximum absolute atomic E-state index is 12.2. The molecule has 0 aromatic carbocycles. The van der Waals surface area contributed by atoms with Gasteiger partial charge in [-0.2, -0.15) is 4.31 Å². The van der Waals surface area contributed by atoms with E-state index in [2.05, 4.69) is 4.98 Å². The number of hydrogen-bond acceptors (Lipinski definition) is 3. The van der Waals surface area contributed by atoms with Gasteiger partial charge in [0.1, 0.15) is 4.90 Å². The Morgan fingerprint density at radius 2 is 2.19 bits per heavy atom. The molecular formula is C10H13ClN2O2S. The van der Waals surface area contributed by atoms with Crippen LogP contribution in [-0.4, -0.2) is 30.8 Å². The summed E-state index contributed by atoms with van der Waals surface area (Å²) >= 11 is 5.87. The maximum Gasteiger partial charge on any atom is 0.246 e. The molecule has 1 saturated carbocycles. The van der Waals surface area contributed by atoms with Crippen LogP contribution in [0, 0.1) is 0 Å². The minimum absolute atomic E-state index is 0.0890. The Morgan fingerprint density at radius 1 is 1.50 bits per heavy atom. The highest BCUT2D eigenvalue weighted by Gasteiger charge is 2.32. The fraction of sp³-hybridized carbons (Fsp3) is 0.500. The number of halogens is 1. The summed E-state index contributed by atoms with van der Waals surface area (Å²) in [7, 11) is -1.89. The number of hydrogen-bond donors (Lipinski definition) is 0. The quantitative estimate of drug-likeness (QED) is 0.834. The lowest BCUT2D eigenvalue weighted by Gasteiger charge is -2.33. The third kappa shape index (κ3) is 1.95. The van der Waals surface area contributed by atoms with Gasteiger partial charge in [-0.3, -0.25) is 4.98 Å². The van der Waals surface area contributed by atoms with Crippen molar-refractivity contribution in [2.75, 3.05) is 7.05 Å². The van der Waals surface area contributed by atoms with Gasteiger partial charge < -0.3 is 0 Å². The molecule has 0 saturated heterocycles. The van der Waals surface area contributed by atoms with Crippen LogP contribution < -0.4 is 0 Å². The van der Waals surface area contributed by atoms with Gasteiger partial charge in [0, 0.05) is 25.5 Å². The molecule has 1 aliphatic carbocycles. The lowest BCUT2D eigenvalue weighted by atomic mass is 9.94. The van der Waals surface area contributed by atoms with Gasteiger partial charge in [-0.15, -0.1) is 0 Å². The molecular weight excluding hydrogens is 248 g/mol. The summed E-state index contributed by atoms with van der Waals surface area (Å²) in [6.07, 6.45) is 5.71. The van der Waals surface area contributed by atoms with Crippen molar-refractivity contribution in [2.45, 2.75) is 30.2 Å². The van der Waals surface area contributed by atoms with Gasteiger partial charge in [0.05, 0.1) is 5.02 Å². The molecule has 0 unspecified atom stereocenters. The largest absolute Gasteiger partial charge is 0.263 e. The lowest BCUT2D eigenvalue weighted by molar-refractivity contribution is 0.249. The second kappa shape index (κ2) is 4.31. The van der Waals surface area contributed by atoms with E-state index in [4.69, 9.17) is 11.6 Å². The first-order valence-electron chi connectivity index (χ1n) is 5.11. The molecule has 0 spiro atoms. The summed E-state index contributed by atoms with van der Waals surface area (Å²) < 4.78 is 25.8. The number of pyridine rings is 1. The molecule has 0 atom stereocenters. The highest BCUT2D eigenvalue weighted by atomic mass is 35.5. The van der Waals surface area contributed by atoms with Gasteiger partial charge in [-0.25, -0.2) is 8.42 Å². The summed E-state index contributed by atoms with van der Waals surface area (Å²) in [5, 5.41) is 0.223. The molecule has 1 aromatic heterocycles. The highest BCUT2D eigenvalue weighted by Crippen LogP contribution is 2.30. The normalized spacial score (nSPS) is 17.4. The van der Waals surface area contributed by atoms with Crippen LogP contribution in [0.1, 0.15) is 19.3 Å². The van der Waals surface area contributed by atoms with Crippen LogP contribution in [0.25, 0.3) is 0 Å². The molecule has 1 heterocycles. The minimum Gasteiger partial charge on any atom is -0.263 e.